The summed E-state index contributed by atoms with van der Waals surface area (Å²) in [6.45, 7) is 0.713. The molecular weight excluding hydrogens is 256 g/mol. The number of benzene rings is 1. The van der Waals surface area contributed by atoms with Gasteiger partial charge in [-0.25, -0.2) is 0 Å². The van der Waals surface area contributed by atoms with E-state index in [-0.39, 0.29) is 17.9 Å². The molecule has 0 aromatic heterocycles. The summed E-state index contributed by atoms with van der Waals surface area (Å²) in [6.07, 6.45) is 1.86. The number of nitrogens with zero attached hydrogens (tertiary/aromatic N) is 1. The Hall–Kier alpha value is -1.88. The summed E-state index contributed by atoms with van der Waals surface area (Å²) in [5, 5.41) is 3.22. The Morgan fingerprint density at radius 2 is 2.00 bits per heavy atom. The van der Waals surface area contributed by atoms with Gasteiger partial charge >= 0.3 is 0 Å². The molecule has 0 saturated carbocycles. The number of nitrogens with one attached hydrogen (secondary N) is 1. The molecule has 1 aliphatic heterocycles. The number of amides is 2. The Morgan fingerprint density at radius 3 is 2.65 bits per heavy atom. The first-order valence-corrected chi connectivity index (χ1v) is 6.78. The van der Waals surface area contributed by atoms with Crippen LogP contribution in [0.4, 0.5) is 0 Å². The lowest BCUT2D eigenvalue weighted by atomic mass is 10.0. The van der Waals surface area contributed by atoms with E-state index in [0.29, 0.717) is 19.4 Å². The fourth-order valence-electron chi connectivity index (χ4n) is 2.29. The van der Waals surface area contributed by atoms with Crippen molar-refractivity contribution in [2.24, 2.45) is 0 Å². The monoisotopic (exact) mass is 276 g/mol. The van der Waals surface area contributed by atoms with Crippen molar-refractivity contribution in [3.8, 4) is 5.75 Å². The summed E-state index contributed by atoms with van der Waals surface area (Å²) < 4.78 is 5.11. The molecule has 1 atom stereocenters. The molecule has 1 aromatic rings. The predicted octanol–water partition coefficient (Wildman–Crippen LogP) is 0.975. The van der Waals surface area contributed by atoms with Crippen LogP contribution in [0.1, 0.15) is 18.4 Å². The maximum Gasteiger partial charge on any atom is 0.246 e. The minimum atomic E-state index is -0.240. The summed E-state index contributed by atoms with van der Waals surface area (Å²) in [7, 11) is 3.19. The van der Waals surface area contributed by atoms with E-state index in [1.807, 2.05) is 24.3 Å². The van der Waals surface area contributed by atoms with Crippen molar-refractivity contribution < 1.29 is 14.3 Å². The van der Waals surface area contributed by atoms with Crippen LogP contribution in [-0.4, -0.2) is 43.5 Å². The number of methoxy groups -OCH3 is 1. The van der Waals surface area contributed by atoms with Crippen LogP contribution in [0.15, 0.2) is 24.3 Å². The molecule has 0 bridgehead atoms. The molecule has 0 radical (unpaired) electrons. The standard InChI is InChI=1S/C15H20N2O3/c1-17-14(18)8-7-13(15(17)19)16-10-9-11-3-5-12(20-2)6-4-11/h3-6,13,16H,7-10H2,1-2H3. The second kappa shape index (κ2) is 6.52. The first-order valence-electron chi connectivity index (χ1n) is 6.78. The van der Waals surface area contributed by atoms with E-state index < -0.39 is 0 Å². The smallest absolute Gasteiger partial charge is 0.246 e. The third kappa shape index (κ3) is 3.36. The number of ether oxygens (including phenoxy) is 1. The number of likely N-dealkylation sites (tertiary alicyclic amines) is 1. The molecule has 0 aliphatic carbocycles. The molecule has 2 amide bonds. The van der Waals surface area contributed by atoms with Crippen LogP contribution in [0.25, 0.3) is 0 Å². The van der Waals surface area contributed by atoms with E-state index in [9.17, 15) is 9.59 Å². The number of hydrogen-bond acceptors (Lipinski definition) is 4. The molecule has 1 N–H and O–H groups in total. The van der Waals surface area contributed by atoms with Crippen molar-refractivity contribution in [2.45, 2.75) is 25.3 Å². The normalized spacial score (nSPS) is 19.3. The second-order valence-corrected chi connectivity index (χ2v) is 4.93. The van der Waals surface area contributed by atoms with Crippen LogP contribution >= 0.6 is 0 Å². The zero-order valence-corrected chi connectivity index (χ0v) is 11.9. The topological polar surface area (TPSA) is 58.6 Å². The van der Waals surface area contributed by atoms with Gasteiger partial charge in [-0.2, -0.15) is 0 Å². The molecule has 108 valence electrons. The lowest BCUT2D eigenvalue weighted by Gasteiger charge is -2.28. The lowest BCUT2D eigenvalue weighted by Crippen LogP contribution is -2.51. The molecule has 5 heteroatoms. The Labute approximate surface area is 118 Å². The van der Waals surface area contributed by atoms with E-state index in [1.54, 1.807) is 14.2 Å². The van der Waals surface area contributed by atoms with Crippen LogP contribution in [-0.2, 0) is 16.0 Å². The molecule has 1 fully saturated rings. The van der Waals surface area contributed by atoms with Gasteiger partial charge < -0.3 is 10.1 Å². The maximum atomic E-state index is 11.9. The average molecular weight is 276 g/mol. The molecule has 1 saturated heterocycles. The van der Waals surface area contributed by atoms with Gasteiger partial charge in [-0.05, 0) is 37.1 Å². The largest absolute Gasteiger partial charge is 0.497 e. The van der Waals surface area contributed by atoms with Crippen molar-refractivity contribution >= 4 is 11.8 Å². The van der Waals surface area contributed by atoms with Crippen molar-refractivity contribution in [1.29, 1.82) is 0 Å². The van der Waals surface area contributed by atoms with Gasteiger partial charge in [-0.15, -0.1) is 0 Å². The number of carbonyl (C=O) groups excluding carboxylic acids is 2. The fourth-order valence-corrected chi connectivity index (χ4v) is 2.29. The molecule has 1 unspecified atom stereocenters. The highest BCUT2D eigenvalue weighted by atomic mass is 16.5. The first kappa shape index (κ1) is 14.5. The fraction of sp³-hybridized carbons (Fsp3) is 0.467. The number of imide groups is 1. The van der Waals surface area contributed by atoms with Gasteiger partial charge in [-0.1, -0.05) is 12.1 Å². The number of rotatable bonds is 5. The highest BCUT2D eigenvalue weighted by molar-refractivity contribution is 6.00. The second-order valence-electron chi connectivity index (χ2n) is 4.93. The Kier molecular flexibility index (Phi) is 4.74. The van der Waals surface area contributed by atoms with Gasteiger partial charge in [0.2, 0.25) is 11.8 Å². The van der Waals surface area contributed by atoms with E-state index in [0.717, 1.165) is 12.2 Å². The molecule has 2 rings (SSSR count). The Bertz CT molecular complexity index is 484. The zero-order valence-electron chi connectivity index (χ0n) is 11.9. The van der Waals surface area contributed by atoms with Crippen molar-refractivity contribution in [3.05, 3.63) is 29.8 Å². The van der Waals surface area contributed by atoms with E-state index in [1.165, 1.54) is 10.5 Å². The third-order valence-electron chi connectivity index (χ3n) is 3.61. The quantitative estimate of drug-likeness (QED) is 0.814. The number of piperidine rings is 1. The molecular formula is C15H20N2O3. The van der Waals surface area contributed by atoms with E-state index in [2.05, 4.69) is 5.32 Å². The average Bonchev–Trinajstić information content (AvgIpc) is 2.48. The van der Waals surface area contributed by atoms with Gasteiger partial charge in [0, 0.05) is 13.5 Å². The summed E-state index contributed by atoms with van der Waals surface area (Å²) in [5.41, 5.74) is 1.19. The molecule has 0 spiro atoms. The summed E-state index contributed by atoms with van der Waals surface area (Å²) in [5.74, 6) is 0.614. The van der Waals surface area contributed by atoms with E-state index in [4.69, 9.17) is 4.74 Å². The third-order valence-corrected chi connectivity index (χ3v) is 3.61. The highest BCUT2D eigenvalue weighted by Gasteiger charge is 2.30. The maximum absolute atomic E-state index is 11.9. The van der Waals surface area contributed by atoms with Crippen molar-refractivity contribution in [3.63, 3.8) is 0 Å². The van der Waals surface area contributed by atoms with E-state index >= 15 is 0 Å². The summed E-state index contributed by atoms with van der Waals surface area (Å²) in [6, 6.07) is 7.63. The van der Waals surface area contributed by atoms with Crippen LogP contribution in [0.5, 0.6) is 5.75 Å². The van der Waals surface area contributed by atoms with Crippen molar-refractivity contribution in [1.82, 2.24) is 10.2 Å². The van der Waals surface area contributed by atoms with Gasteiger partial charge in [0.15, 0.2) is 0 Å². The van der Waals surface area contributed by atoms with Crippen LogP contribution in [0, 0.1) is 0 Å². The number of likely N-dealkylation sites (N-methyl/N-ethyl adjacent to an activating group) is 1. The van der Waals surface area contributed by atoms with Crippen LogP contribution < -0.4 is 10.1 Å². The number of hydrogen-bond donors (Lipinski definition) is 1. The van der Waals surface area contributed by atoms with Gasteiger partial charge in [0.25, 0.3) is 0 Å². The van der Waals surface area contributed by atoms with Crippen molar-refractivity contribution in [2.75, 3.05) is 20.7 Å². The van der Waals surface area contributed by atoms with Crippen LogP contribution in [0.3, 0.4) is 0 Å². The Balaban J connectivity index is 1.80. The molecule has 20 heavy (non-hydrogen) atoms. The van der Waals surface area contributed by atoms with Gasteiger partial charge in [-0.3, -0.25) is 14.5 Å². The SMILES string of the molecule is COc1ccc(CCNC2CCC(=O)N(C)C2=O)cc1. The zero-order chi connectivity index (χ0) is 14.5. The number of carbonyl (C=O) groups is 2. The van der Waals surface area contributed by atoms with Crippen LogP contribution in [0.2, 0.25) is 0 Å². The Morgan fingerprint density at radius 1 is 1.30 bits per heavy atom. The summed E-state index contributed by atoms with van der Waals surface area (Å²) >= 11 is 0. The summed E-state index contributed by atoms with van der Waals surface area (Å²) in [4.78, 5) is 24.5. The molecule has 1 aromatic carbocycles. The first-order chi connectivity index (χ1) is 9.61. The van der Waals surface area contributed by atoms with Gasteiger partial charge in [0.05, 0.1) is 13.2 Å². The minimum Gasteiger partial charge on any atom is -0.497 e. The predicted molar refractivity (Wildman–Crippen MR) is 75.5 cm³/mol. The van der Waals surface area contributed by atoms with Gasteiger partial charge in [0.1, 0.15) is 5.75 Å². The molecule has 5 nitrogen and oxygen atoms in total. The minimum absolute atomic E-state index is 0.0943. The molecule has 1 heterocycles. The lowest BCUT2D eigenvalue weighted by molar-refractivity contribution is -0.148. The molecule has 1 aliphatic rings. The highest BCUT2D eigenvalue weighted by Crippen LogP contribution is 2.13.